The highest BCUT2D eigenvalue weighted by atomic mass is 35.5. The number of rotatable bonds is 3. The van der Waals surface area contributed by atoms with Gasteiger partial charge in [0.2, 0.25) is 5.89 Å². The van der Waals surface area contributed by atoms with Crippen molar-refractivity contribution in [2.75, 3.05) is 25.0 Å². The first kappa shape index (κ1) is 17.8. The molecule has 0 radical (unpaired) electrons. The fourth-order valence-electron chi connectivity index (χ4n) is 3.62. The van der Waals surface area contributed by atoms with Crippen LogP contribution >= 0.6 is 11.6 Å². The molecule has 0 amide bonds. The van der Waals surface area contributed by atoms with E-state index in [4.69, 9.17) is 20.8 Å². The molecule has 0 spiro atoms. The van der Waals surface area contributed by atoms with Gasteiger partial charge in [-0.1, -0.05) is 49.6 Å². The second-order valence-corrected chi connectivity index (χ2v) is 8.66. The van der Waals surface area contributed by atoms with Crippen LogP contribution in [0.3, 0.4) is 0 Å². The second kappa shape index (κ2) is 6.83. The van der Waals surface area contributed by atoms with E-state index in [2.05, 4.69) is 41.2 Å². The van der Waals surface area contributed by atoms with Crippen LogP contribution in [-0.4, -0.2) is 46.9 Å². The van der Waals surface area contributed by atoms with Crippen LogP contribution in [0.5, 0.6) is 0 Å². The van der Waals surface area contributed by atoms with E-state index in [1.54, 1.807) is 0 Å². The van der Waals surface area contributed by atoms with Gasteiger partial charge in [-0.25, -0.2) is 0 Å². The minimum Gasteiger partial charge on any atom is -0.408 e. The van der Waals surface area contributed by atoms with Gasteiger partial charge in [0.25, 0.3) is 0 Å². The Labute approximate surface area is 158 Å². The average Bonchev–Trinajstić information content (AvgIpc) is 3.21. The lowest BCUT2D eigenvalue weighted by molar-refractivity contribution is -0.0501. The molecule has 4 rings (SSSR count). The van der Waals surface area contributed by atoms with Gasteiger partial charge >= 0.3 is 6.01 Å². The van der Waals surface area contributed by atoms with Crippen LogP contribution in [0.4, 0.5) is 6.01 Å². The van der Waals surface area contributed by atoms with Crippen molar-refractivity contribution in [2.45, 2.75) is 50.8 Å². The van der Waals surface area contributed by atoms with Crippen molar-refractivity contribution < 1.29 is 9.15 Å². The largest absolute Gasteiger partial charge is 0.408 e. The lowest BCUT2D eigenvalue weighted by atomic mass is 9.97. The third-order valence-electron chi connectivity index (χ3n) is 5.05. The number of nitrogens with one attached hydrogen (secondary N) is 1. The zero-order chi connectivity index (χ0) is 18.3. The summed E-state index contributed by atoms with van der Waals surface area (Å²) in [6.07, 6.45) is 1.11. The Bertz CT molecular complexity index is 756. The van der Waals surface area contributed by atoms with Crippen molar-refractivity contribution >= 4 is 17.6 Å². The first-order valence-corrected chi connectivity index (χ1v) is 9.48. The van der Waals surface area contributed by atoms with E-state index >= 15 is 0 Å². The summed E-state index contributed by atoms with van der Waals surface area (Å²) in [4.78, 5) is 2.49. The summed E-state index contributed by atoms with van der Waals surface area (Å²) < 4.78 is 11.9. The van der Waals surface area contributed by atoms with Gasteiger partial charge in [0, 0.05) is 35.6 Å². The molecule has 2 aliphatic heterocycles. The zero-order valence-corrected chi connectivity index (χ0v) is 16.2. The number of aromatic nitrogens is 2. The summed E-state index contributed by atoms with van der Waals surface area (Å²) in [6, 6.07) is 9.17. The van der Waals surface area contributed by atoms with Gasteiger partial charge in [-0.3, -0.25) is 4.90 Å². The topological polar surface area (TPSA) is 63.4 Å². The molecule has 1 aromatic heterocycles. The van der Waals surface area contributed by atoms with Crippen LogP contribution < -0.4 is 5.32 Å². The zero-order valence-electron chi connectivity index (χ0n) is 15.4. The molecule has 0 unspecified atom stereocenters. The van der Waals surface area contributed by atoms with E-state index in [9.17, 15) is 0 Å². The number of fused-ring (bicyclic) bond motifs is 1. The number of ether oxygens (including phenoxy) is 1. The Morgan fingerprint density at radius 2 is 1.92 bits per heavy atom. The number of halogens is 1. The van der Waals surface area contributed by atoms with E-state index in [0.29, 0.717) is 24.0 Å². The van der Waals surface area contributed by atoms with E-state index < -0.39 is 0 Å². The fourth-order valence-corrected chi connectivity index (χ4v) is 3.74. The summed E-state index contributed by atoms with van der Waals surface area (Å²) in [6.45, 7) is 8.77. The summed E-state index contributed by atoms with van der Waals surface area (Å²) in [5.74, 6) is 0.654. The maximum absolute atomic E-state index is 6.10. The number of morpholine rings is 1. The van der Waals surface area contributed by atoms with Gasteiger partial charge in [0.1, 0.15) is 0 Å². The molecular formula is C19H25ClN4O2. The highest BCUT2D eigenvalue weighted by Gasteiger charge is 2.38. The molecule has 3 heterocycles. The standard InChI is InChI=1S/C19H25ClN4O2/c1-19(2,3)17-22-23-18(26-17)21-14-8-15-11-25-16(10-24(15)9-14)12-4-6-13(20)7-5-12/h4-7,14-16H,8-11H2,1-3H3,(H,21,23)/t14-,15+,16-/m1/s1. The number of nitrogens with zero attached hydrogens (tertiary/aromatic N) is 3. The molecule has 2 saturated heterocycles. The van der Waals surface area contributed by atoms with Crippen molar-refractivity contribution in [2.24, 2.45) is 0 Å². The first-order chi connectivity index (χ1) is 12.4. The first-order valence-electron chi connectivity index (χ1n) is 9.10. The van der Waals surface area contributed by atoms with Crippen molar-refractivity contribution in [1.29, 1.82) is 0 Å². The third-order valence-corrected chi connectivity index (χ3v) is 5.31. The molecule has 1 aromatic carbocycles. The van der Waals surface area contributed by atoms with Crippen molar-refractivity contribution in [3.8, 4) is 0 Å². The summed E-state index contributed by atoms with van der Waals surface area (Å²) in [5, 5.41) is 12.4. The number of benzene rings is 1. The summed E-state index contributed by atoms with van der Waals surface area (Å²) in [5.41, 5.74) is 1.04. The Balaban J connectivity index is 1.37. The van der Waals surface area contributed by atoms with Crippen LogP contribution in [0, 0.1) is 0 Å². The molecule has 140 valence electrons. The van der Waals surface area contributed by atoms with Crippen molar-refractivity contribution in [3.63, 3.8) is 0 Å². The normalized spacial score (nSPS) is 26.7. The molecule has 2 aliphatic rings. The summed E-state index contributed by atoms with van der Waals surface area (Å²) in [7, 11) is 0. The van der Waals surface area contributed by atoms with Crippen LogP contribution in [0.1, 0.15) is 44.8 Å². The fraction of sp³-hybridized carbons (Fsp3) is 0.579. The van der Waals surface area contributed by atoms with Gasteiger partial charge in [-0.15, -0.1) is 5.10 Å². The molecule has 0 bridgehead atoms. The highest BCUT2D eigenvalue weighted by molar-refractivity contribution is 6.30. The number of hydrogen-bond acceptors (Lipinski definition) is 6. The predicted octanol–water partition coefficient (Wildman–Crippen LogP) is 3.65. The average molecular weight is 377 g/mol. The van der Waals surface area contributed by atoms with Crippen LogP contribution in [0.15, 0.2) is 28.7 Å². The predicted molar refractivity (Wildman–Crippen MR) is 101 cm³/mol. The lowest BCUT2D eigenvalue weighted by Gasteiger charge is -2.35. The monoisotopic (exact) mass is 376 g/mol. The van der Waals surface area contributed by atoms with E-state index in [0.717, 1.165) is 31.1 Å². The van der Waals surface area contributed by atoms with Gasteiger partial charge < -0.3 is 14.5 Å². The molecular weight excluding hydrogens is 352 g/mol. The molecule has 3 atom stereocenters. The smallest absolute Gasteiger partial charge is 0.315 e. The molecule has 2 aromatic rings. The van der Waals surface area contributed by atoms with E-state index in [1.165, 1.54) is 5.56 Å². The molecule has 6 nitrogen and oxygen atoms in total. The molecule has 7 heteroatoms. The highest BCUT2D eigenvalue weighted by Crippen LogP contribution is 2.32. The van der Waals surface area contributed by atoms with E-state index in [1.807, 2.05) is 24.3 Å². The van der Waals surface area contributed by atoms with Crippen molar-refractivity contribution in [3.05, 3.63) is 40.7 Å². The lowest BCUT2D eigenvalue weighted by Crippen LogP contribution is -2.42. The maximum Gasteiger partial charge on any atom is 0.315 e. The summed E-state index contributed by atoms with van der Waals surface area (Å²) >= 11 is 5.99. The molecule has 26 heavy (non-hydrogen) atoms. The van der Waals surface area contributed by atoms with Gasteiger partial charge in [-0.2, -0.15) is 0 Å². The number of hydrogen-bond donors (Lipinski definition) is 1. The van der Waals surface area contributed by atoms with Gasteiger partial charge in [-0.05, 0) is 24.1 Å². The molecule has 0 aliphatic carbocycles. The minimum atomic E-state index is -0.139. The molecule has 2 fully saturated rings. The van der Waals surface area contributed by atoms with Crippen LogP contribution in [0.25, 0.3) is 0 Å². The Hall–Kier alpha value is -1.63. The van der Waals surface area contributed by atoms with E-state index in [-0.39, 0.29) is 11.5 Å². The molecule has 0 saturated carbocycles. The Kier molecular flexibility index (Phi) is 4.67. The third kappa shape index (κ3) is 3.72. The quantitative estimate of drug-likeness (QED) is 0.882. The molecule has 1 N–H and O–H groups in total. The Morgan fingerprint density at radius 1 is 1.15 bits per heavy atom. The maximum atomic E-state index is 6.10. The second-order valence-electron chi connectivity index (χ2n) is 8.22. The Morgan fingerprint density at radius 3 is 2.62 bits per heavy atom. The minimum absolute atomic E-state index is 0.0955. The van der Waals surface area contributed by atoms with Crippen molar-refractivity contribution in [1.82, 2.24) is 15.1 Å². The van der Waals surface area contributed by atoms with Gasteiger partial charge in [0.15, 0.2) is 0 Å². The number of anilines is 1. The van der Waals surface area contributed by atoms with Crippen LogP contribution in [-0.2, 0) is 10.2 Å². The van der Waals surface area contributed by atoms with Gasteiger partial charge in [0.05, 0.1) is 12.7 Å². The van der Waals surface area contributed by atoms with Crippen LogP contribution in [0.2, 0.25) is 5.02 Å². The SMILES string of the molecule is CC(C)(C)c1nnc(N[C@@H]2C[C@H]3CO[C@@H](c4ccc(Cl)cc4)CN3C2)o1.